The van der Waals surface area contributed by atoms with Gasteiger partial charge in [-0.25, -0.2) is 9.69 Å². The predicted octanol–water partition coefficient (Wildman–Crippen LogP) is 3.63. The molecule has 0 aromatic heterocycles. The van der Waals surface area contributed by atoms with Crippen molar-refractivity contribution in [2.24, 2.45) is 11.8 Å². The average Bonchev–Trinajstić information content (AvgIpc) is 2.91. The highest BCUT2D eigenvalue weighted by molar-refractivity contribution is 6.07. The molecule has 2 atom stereocenters. The Balaban J connectivity index is 1.82. The van der Waals surface area contributed by atoms with E-state index in [1.807, 2.05) is 19.9 Å². The highest BCUT2D eigenvalue weighted by Gasteiger charge is 2.58. The van der Waals surface area contributed by atoms with Crippen LogP contribution in [0.5, 0.6) is 0 Å². The molecule has 1 aliphatic carbocycles. The van der Waals surface area contributed by atoms with E-state index in [1.165, 1.54) is 12.1 Å². The van der Waals surface area contributed by atoms with Crippen LogP contribution in [0.2, 0.25) is 0 Å². The van der Waals surface area contributed by atoms with Gasteiger partial charge in [0.25, 0.3) is 5.91 Å². The zero-order valence-electron chi connectivity index (χ0n) is 17.0. The monoisotopic (exact) mass is 422 g/mol. The molecule has 1 saturated carbocycles. The van der Waals surface area contributed by atoms with E-state index in [1.54, 1.807) is 12.1 Å². The number of urea groups is 1. The van der Waals surface area contributed by atoms with Gasteiger partial charge in [-0.1, -0.05) is 32.4 Å². The maximum atomic E-state index is 13.2. The Morgan fingerprint density at radius 1 is 1.20 bits per heavy atom. The Labute approximate surface area is 173 Å². The van der Waals surface area contributed by atoms with Crippen molar-refractivity contribution >= 4 is 11.9 Å². The van der Waals surface area contributed by atoms with Crippen LogP contribution in [0.4, 0.5) is 18.0 Å². The number of imide groups is 1. The fourth-order valence-corrected chi connectivity index (χ4v) is 4.63. The molecule has 3 rings (SSSR count). The molecule has 1 spiro atoms. The zero-order valence-corrected chi connectivity index (χ0v) is 17.0. The minimum absolute atomic E-state index is 0.0858. The molecule has 162 valence electrons. The van der Waals surface area contributed by atoms with Crippen molar-refractivity contribution in [1.29, 1.82) is 5.26 Å². The number of nitrogens with zero attached hydrogens (tertiary/aromatic N) is 3. The van der Waals surface area contributed by atoms with Crippen LogP contribution in [0.3, 0.4) is 0 Å². The van der Waals surface area contributed by atoms with Crippen LogP contribution in [0.15, 0.2) is 24.3 Å². The third kappa shape index (κ3) is 4.29. The number of carbonyl (C=O) groups excluding carboxylic acids is 2. The topological polar surface area (TPSA) is 76.4 Å². The van der Waals surface area contributed by atoms with E-state index in [-0.39, 0.29) is 18.4 Å². The molecule has 0 radical (unpaired) electrons. The lowest BCUT2D eigenvalue weighted by molar-refractivity contribution is -0.155. The summed E-state index contributed by atoms with van der Waals surface area (Å²) >= 11 is 0. The third-order valence-electron chi connectivity index (χ3n) is 6.22. The van der Waals surface area contributed by atoms with Crippen molar-refractivity contribution in [3.63, 3.8) is 0 Å². The second kappa shape index (κ2) is 8.26. The Hall–Kier alpha value is -2.60. The summed E-state index contributed by atoms with van der Waals surface area (Å²) in [5, 5.41) is 11.7. The molecule has 2 aliphatic rings. The normalized spacial score (nSPS) is 26.9. The Morgan fingerprint density at radius 3 is 2.33 bits per heavy atom. The molecule has 3 amide bonds. The Kier molecular flexibility index (Phi) is 6.09. The highest BCUT2D eigenvalue weighted by atomic mass is 19.4. The molecule has 0 bridgehead atoms. The van der Waals surface area contributed by atoms with Crippen LogP contribution < -0.4 is 5.32 Å². The van der Waals surface area contributed by atoms with Gasteiger partial charge in [-0.3, -0.25) is 9.69 Å². The molecule has 1 aliphatic heterocycles. The van der Waals surface area contributed by atoms with Crippen molar-refractivity contribution in [2.45, 2.75) is 51.4 Å². The lowest BCUT2D eigenvalue weighted by Crippen LogP contribution is -2.59. The largest absolute Gasteiger partial charge is 0.401 e. The van der Waals surface area contributed by atoms with E-state index in [4.69, 9.17) is 5.26 Å². The molecule has 1 N–H and O–H groups in total. The first-order chi connectivity index (χ1) is 14.1. The quantitative estimate of drug-likeness (QED) is 0.736. The van der Waals surface area contributed by atoms with E-state index < -0.39 is 36.9 Å². The van der Waals surface area contributed by atoms with E-state index in [2.05, 4.69) is 5.32 Å². The summed E-state index contributed by atoms with van der Waals surface area (Å²) in [6.45, 7) is 1.98. The van der Waals surface area contributed by atoms with Crippen molar-refractivity contribution in [3.8, 4) is 6.07 Å². The number of nitrogens with one attached hydrogen (secondary N) is 1. The summed E-state index contributed by atoms with van der Waals surface area (Å²) < 4.78 is 39.5. The van der Waals surface area contributed by atoms with Gasteiger partial charge >= 0.3 is 12.2 Å². The van der Waals surface area contributed by atoms with E-state index in [0.717, 1.165) is 29.1 Å². The maximum absolute atomic E-state index is 13.2. The smallest absolute Gasteiger partial charge is 0.323 e. The number of benzene rings is 1. The van der Waals surface area contributed by atoms with Gasteiger partial charge in [0.15, 0.2) is 0 Å². The van der Waals surface area contributed by atoms with Gasteiger partial charge in [0.2, 0.25) is 0 Å². The molecule has 2 fully saturated rings. The number of halogens is 3. The fraction of sp³-hybridized carbons (Fsp3) is 0.571. The van der Waals surface area contributed by atoms with E-state index in [9.17, 15) is 22.8 Å². The number of alkyl halides is 3. The number of hydrogen-bond donors (Lipinski definition) is 1. The van der Waals surface area contributed by atoms with Crippen LogP contribution in [-0.4, -0.2) is 46.7 Å². The van der Waals surface area contributed by atoms with Crippen LogP contribution in [-0.2, 0) is 11.3 Å². The standard InChI is InChI=1S/C21H25F3N4O2/c1-14-4-3-5-15(2)21(14)18(29)28(19(30)26-21)13-27(12-20(22,23)24)11-17-8-6-16(10-25)7-9-17/h6-9,14-15H,3-5,11-13H2,1-2H3,(H,26,30). The first-order valence-corrected chi connectivity index (χ1v) is 9.99. The number of rotatable bonds is 5. The molecular formula is C21H25F3N4O2. The maximum Gasteiger partial charge on any atom is 0.401 e. The van der Waals surface area contributed by atoms with Crippen LogP contribution in [0.1, 0.15) is 44.2 Å². The minimum atomic E-state index is -4.49. The van der Waals surface area contributed by atoms with Crippen LogP contribution in [0, 0.1) is 23.2 Å². The second-order valence-electron chi connectivity index (χ2n) is 8.32. The molecule has 6 nitrogen and oxygen atoms in total. The summed E-state index contributed by atoms with van der Waals surface area (Å²) in [5.74, 6) is -0.617. The van der Waals surface area contributed by atoms with Gasteiger partial charge in [-0.05, 0) is 42.4 Å². The lowest BCUT2D eigenvalue weighted by Gasteiger charge is -2.42. The van der Waals surface area contributed by atoms with Crippen molar-refractivity contribution in [1.82, 2.24) is 15.1 Å². The average molecular weight is 422 g/mol. The Bertz CT molecular complexity index is 837. The summed E-state index contributed by atoms with van der Waals surface area (Å²) in [4.78, 5) is 27.8. The van der Waals surface area contributed by atoms with Gasteiger partial charge in [0, 0.05) is 6.54 Å². The van der Waals surface area contributed by atoms with Gasteiger partial charge in [-0.2, -0.15) is 18.4 Å². The number of amides is 3. The molecule has 1 aromatic carbocycles. The molecule has 30 heavy (non-hydrogen) atoms. The summed E-state index contributed by atoms with van der Waals surface area (Å²) in [5.41, 5.74) is -0.0925. The van der Waals surface area contributed by atoms with Crippen molar-refractivity contribution < 1.29 is 22.8 Å². The van der Waals surface area contributed by atoms with Crippen LogP contribution in [0.25, 0.3) is 0 Å². The SMILES string of the molecule is CC1CCCC(C)C12NC(=O)N(CN(Cc1ccc(C#N)cc1)CC(F)(F)F)C2=O. The summed E-state index contributed by atoms with van der Waals surface area (Å²) in [6.07, 6.45) is -1.98. The Morgan fingerprint density at radius 2 is 1.80 bits per heavy atom. The number of nitriles is 1. The molecule has 1 saturated heterocycles. The van der Waals surface area contributed by atoms with Gasteiger partial charge in [-0.15, -0.1) is 0 Å². The summed E-state index contributed by atoms with van der Waals surface area (Å²) in [7, 11) is 0. The number of hydrogen-bond acceptors (Lipinski definition) is 4. The predicted molar refractivity (Wildman–Crippen MR) is 103 cm³/mol. The third-order valence-corrected chi connectivity index (χ3v) is 6.22. The second-order valence-corrected chi connectivity index (χ2v) is 8.32. The lowest BCUT2D eigenvalue weighted by atomic mass is 9.67. The molecule has 2 unspecified atom stereocenters. The van der Waals surface area contributed by atoms with Crippen molar-refractivity contribution in [3.05, 3.63) is 35.4 Å². The fourth-order valence-electron chi connectivity index (χ4n) is 4.63. The van der Waals surface area contributed by atoms with Crippen LogP contribution >= 0.6 is 0 Å². The highest BCUT2D eigenvalue weighted by Crippen LogP contribution is 2.42. The molecule has 1 aromatic rings. The zero-order chi connectivity index (χ0) is 22.1. The first-order valence-electron chi connectivity index (χ1n) is 9.99. The molecular weight excluding hydrogens is 397 g/mol. The van der Waals surface area contributed by atoms with Gasteiger partial charge in [0.1, 0.15) is 5.54 Å². The number of carbonyl (C=O) groups is 2. The first kappa shape index (κ1) is 22.1. The van der Waals surface area contributed by atoms with Gasteiger partial charge in [0.05, 0.1) is 24.8 Å². The van der Waals surface area contributed by atoms with E-state index in [0.29, 0.717) is 11.1 Å². The molecule has 1 heterocycles. The minimum Gasteiger partial charge on any atom is -0.323 e. The van der Waals surface area contributed by atoms with E-state index >= 15 is 0 Å². The molecule has 9 heteroatoms. The van der Waals surface area contributed by atoms with Crippen molar-refractivity contribution in [2.75, 3.05) is 13.2 Å². The summed E-state index contributed by atoms with van der Waals surface area (Å²) in [6, 6.07) is 7.50. The van der Waals surface area contributed by atoms with Gasteiger partial charge < -0.3 is 5.32 Å².